The minimum Gasteiger partial charge on any atom is -0.365 e. The summed E-state index contributed by atoms with van der Waals surface area (Å²) in [4.78, 5) is 15.9. The van der Waals surface area contributed by atoms with Crippen molar-refractivity contribution in [1.29, 1.82) is 0 Å². The van der Waals surface area contributed by atoms with Gasteiger partial charge in [0, 0.05) is 5.39 Å². The van der Waals surface area contributed by atoms with E-state index in [9.17, 15) is 4.79 Å². The third-order valence-electron chi connectivity index (χ3n) is 2.76. The number of nitrogens with zero attached hydrogens (tertiary/aromatic N) is 4. The van der Waals surface area contributed by atoms with Crippen molar-refractivity contribution < 1.29 is 4.79 Å². The molecule has 0 spiro atoms. The molecule has 0 radical (unpaired) electrons. The van der Waals surface area contributed by atoms with Crippen LogP contribution in [0.15, 0.2) is 36.4 Å². The largest absolute Gasteiger partial charge is 0.365 e. The van der Waals surface area contributed by atoms with E-state index in [4.69, 9.17) is 5.73 Å². The van der Waals surface area contributed by atoms with Crippen LogP contribution in [-0.4, -0.2) is 31.5 Å². The van der Waals surface area contributed by atoms with Crippen LogP contribution in [0.3, 0.4) is 0 Å². The molecule has 1 amide bonds. The molecular weight excluding hydrogens is 256 g/mol. The average molecular weight is 266 g/mol. The molecule has 0 aliphatic carbocycles. The van der Waals surface area contributed by atoms with Crippen LogP contribution < -0.4 is 5.73 Å². The van der Waals surface area contributed by atoms with Crippen LogP contribution in [0, 0.1) is 0 Å². The number of fused-ring (bicyclic) bond motifs is 1. The fourth-order valence-electron chi connectivity index (χ4n) is 1.83. The van der Waals surface area contributed by atoms with Gasteiger partial charge in [0.25, 0.3) is 5.91 Å². The average Bonchev–Trinajstić information content (AvgIpc) is 2.98. The number of tetrazole rings is 1. The number of hydrogen-bond acceptors (Lipinski definition) is 5. The molecule has 2 aromatic heterocycles. The Morgan fingerprint density at radius 2 is 2.05 bits per heavy atom. The Labute approximate surface area is 113 Å². The summed E-state index contributed by atoms with van der Waals surface area (Å²) >= 11 is 0. The van der Waals surface area contributed by atoms with Crippen molar-refractivity contribution in [3.63, 3.8) is 0 Å². The number of rotatable bonds is 3. The van der Waals surface area contributed by atoms with E-state index < -0.39 is 5.91 Å². The number of carbonyl (C=O) groups excluding carboxylic acids is 1. The van der Waals surface area contributed by atoms with Gasteiger partial charge in [0.2, 0.25) is 5.82 Å². The maximum atomic E-state index is 11.5. The Morgan fingerprint density at radius 3 is 2.80 bits per heavy atom. The van der Waals surface area contributed by atoms with Crippen molar-refractivity contribution in [1.82, 2.24) is 25.6 Å². The van der Waals surface area contributed by atoms with Crippen molar-refractivity contribution in [3.8, 4) is 0 Å². The molecule has 0 saturated heterocycles. The SMILES string of the molecule is NC(=O)C(=Cc1ccc2ccccc2n1)c1nn[nH]n1. The van der Waals surface area contributed by atoms with Gasteiger partial charge in [0.05, 0.1) is 16.8 Å². The van der Waals surface area contributed by atoms with Gasteiger partial charge in [-0.3, -0.25) is 4.79 Å². The number of benzene rings is 1. The number of pyridine rings is 1. The lowest BCUT2D eigenvalue weighted by Gasteiger charge is -2.00. The Hall–Kier alpha value is -3.09. The number of para-hydroxylation sites is 1. The summed E-state index contributed by atoms with van der Waals surface area (Å²) in [6.45, 7) is 0. The number of carbonyl (C=O) groups is 1. The monoisotopic (exact) mass is 266 g/mol. The zero-order valence-corrected chi connectivity index (χ0v) is 10.3. The van der Waals surface area contributed by atoms with Crippen LogP contribution >= 0.6 is 0 Å². The molecule has 0 aliphatic heterocycles. The number of amides is 1. The van der Waals surface area contributed by atoms with Gasteiger partial charge in [-0.25, -0.2) is 4.98 Å². The molecule has 0 saturated carbocycles. The lowest BCUT2D eigenvalue weighted by molar-refractivity contribution is -0.112. The summed E-state index contributed by atoms with van der Waals surface area (Å²) < 4.78 is 0. The van der Waals surface area contributed by atoms with Crippen LogP contribution in [0.25, 0.3) is 22.6 Å². The topological polar surface area (TPSA) is 110 Å². The highest BCUT2D eigenvalue weighted by atomic mass is 16.1. The molecular formula is C13H10N6O. The van der Waals surface area contributed by atoms with E-state index in [2.05, 4.69) is 25.6 Å². The molecule has 3 N–H and O–H groups in total. The van der Waals surface area contributed by atoms with Crippen LogP contribution in [0.2, 0.25) is 0 Å². The highest BCUT2D eigenvalue weighted by molar-refractivity contribution is 6.22. The van der Waals surface area contributed by atoms with Crippen molar-refractivity contribution in [3.05, 3.63) is 47.9 Å². The summed E-state index contributed by atoms with van der Waals surface area (Å²) in [5.41, 5.74) is 6.92. The summed E-state index contributed by atoms with van der Waals surface area (Å²) in [5, 5.41) is 14.2. The zero-order valence-electron chi connectivity index (χ0n) is 10.3. The van der Waals surface area contributed by atoms with Crippen LogP contribution in [-0.2, 0) is 4.79 Å². The van der Waals surface area contributed by atoms with E-state index in [1.54, 1.807) is 12.1 Å². The summed E-state index contributed by atoms with van der Waals surface area (Å²) in [6, 6.07) is 11.4. The number of aromatic amines is 1. The van der Waals surface area contributed by atoms with Gasteiger partial charge in [-0.2, -0.15) is 5.21 Å². The second-order valence-electron chi connectivity index (χ2n) is 4.09. The molecule has 0 atom stereocenters. The molecule has 0 fully saturated rings. The first-order valence-corrected chi connectivity index (χ1v) is 5.85. The van der Waals surface area contributed by atoms with Crippen LogP contribution in [0.5, 0.6) is 0 Å². The minimum atomic E-state index is -0.638. The van der Waals surface area contributed by atoms with Gasteiger partial charge in [-0.15, -0.1) is 10.2 Å². The fraction of sp³-hybridized carbons (Fsp3) is 0. The first-order chi connectivity index (χ1) is 9.74. The van der Waals surface area contributed by atoms with E-state index in [0.29, 0.717) is 5.69 Å². The number of H-pyrrole nitrogens is 1. The van der Waals surface area contributed by atoms with Gasteiger partial charge >= 0.3 is 0 Å². The second-order valence-corrected chi connectivity index (χ2v) is 4.09. The van der Waals surface area contributed by atoms with Crippen LogP contribution in [0.1, 0.15) is 11.5 Å². The highest BCUT2D eigenvalue weighted by Crippen LogP contribution is 2.16. The molecule has 7 heteroatoms. The molecule has 7 nitrogen and oxygen atoms in total. The molecule has 2 heterocycles. The second kappa shape index (κ2) is 4.88. The predicted octanol–water partition coefficient (Wildman–Crippen LogP) is 0.774. The summed E-state index contributed by atoms with van der Waals surface area (Å²) in [6.07, 6.45) is 1.54. The fourth-order valence-corrected chi connectivity index (χ4v) is 1.83. The van der Waals surface area contributed by atoms with E-state index >= 15 is 0 Å². The molecule has 0 bridgehead atoms. The number of hydrogen-bond donors (Lipinski definition) is 2. The predicted molar refractivity (Wildman–Crippen MR) is 73.0 cm³/mol. The molecule has 3 rings (SSSR count). The third kappa shape index (κ3) is 2.24. The Bertz CT molecular complexity index is 793. The molecule has 1 aromatic carbocycles. The van der Waals surface area contributed by atoms with Crippen LogP contribution in [0.4, 0.5) is 0 Å². The van der Waals surface area contributed by atoms with Gasteiger partial charge in [0.15, 0.2) is 0 Å². The summed E-state index contributed by atoms with van der Waals surface area (Å²) in [5.74, 6) is -0.492. The minimum absolute atomic E-state index is 0.146. The molecule has 0 unspecified atom stereocenters. The Balaban J connectivity index is 2.09. The normalized spacial score (nSPS) is 11.7. The van der Waals surface area contributed by atoms with E-state index in [1.165, 1.54) is 0 Å². The number of aromatic nitrogens is 5. The molecule has 20 heavy (non-hydrogen) atoms. The van der Waals surface area contributed by atoms with Crippen molar-refractivity contribution >= 4 is 28.5 Å². The number of nitrogens with two attached hydrogens (primary N) is 1. The van der Waals surface area contributed by atoms with E-state index in [-0.39, 0.29) is 11.4 Å². The van der Waals surface area contributed by atoms with Gasteiger partial charge < -0.3 is 5.73 Å². The van der Waals surface area contributed by atoms with Gasteiger partial charge in [-0.05, 0) is 23.4 Å². The number of primary amides is 1. The standard InChI is InChI=1S/C13H10N6O/c14-12(20)10(13-16-18-19-17-13)7-9-6-5-8-3-1-2-4-11(8)15-9/h1-7H,(H2,14,20)(H,16,17,18,19). The molecule has 3 aromatic rings. The van der Waals surface area contributed by atoms with Crippen molar-refractivity contribution in [2.75, 3.05) is 0 Å². The quantitative estimate of drug-likeness (QED) is 0.680. The smallest absolute Gasteiger partial charge is 0.252 e. The molecule has 0 aliphatic rings. The van der Waals surface area contributed by atoms with E-state index in [0.717, 1.165) is 10.9 Å². The first kappa shape index (κ1) is 12.0. The van der Waals surface area contributed by atoms with Crippen molar-refractivity contribution in [2.24, 2.45) is 5.73 Å². The van der Waals surface area contributed by atoms with E-state index in [1.807, 2.05) is 30.3 Å². The maximum Gasteiger partial charge on any atom is 0.252 e. The highest BCUT2D eigenvalue weighted by Gasteiger charge is 2.13. The lowest BCUT2D eigenvalue weighted by atomic mass is 10.1. The van der Waals surface area contributed by atoms with Gasteiger partial charge in [-0.1, -0.05) is 24.3 Å². The first-order valence-electron chi connectivity index (χ1n) is 5.85. The Kier molecular flexibility index (Phi) is 2.92. The van der Waals surface area contributed by atoms with Crippen molar-refractivity contribution in [2.45, 2.75) is 0 Å². The lowest BCUT2D eigenvalue weighted by Crippen LogP contribution is -2.14. The molecule has 98 valence electrons. The summed E-state index contributed by atoms with van der Waals surface area (Å²) in [7, 11) is 0. The maximum absolute atomic E-state index is 11.5. The van der Waals surface area contributed by atoms with Gasteiger partial charge in [0.1, 0.15) is 0 Å². The Morgan fingerprint density at radius 1 is 1.20 bits per heavy atom. The zero-order chi connectivity index (χ0) is 13.9. The number of nitrogens with one attached hydrogen (secondary N) is 1. The third-order valence-corrected chi connectivity index (χ3v) is 2.76.